The van der Waals surface area contributed by atoms with Gasteiger partial charge >= 0.3 is 5.97 Å². The predicted octanol–water partition coefficient (Wildman–Crippen LogP) is 0.558. The Balaban J connectivity index is 3.02. The zero-order valence-corrected chi connectivity index (χ0v) is 9.12. The number of nitrogens with zero attached hydrogens (tertiary/aromatic N) is 1. The second kappa shape index (κ2) is 5.26. The van der Waals surface area contributed by atoms with Crippen LogP contribution in [0.15, 0.2) is 18.2 Å². The lowest BCUT2D eigenvalue weighted by molar-refractivity contribution is -0.385. The summed E-state index contributed by atoms with van der Waals surface area (Å²) < 4.78 is 4.90. The Hall–Kier alpha value is -2.15. The van der Waals surface area contributed by atoms with E-state index in [0.29, 0.717) is 11.3 Å². The van der Waals surface area contributed by atoms with E-state index < -0.39 is 16.9 Å². The quantitative estimate of drug-likeness (QED) is 0.573. The van der Waals surface area contributed by atoms with E-state index in [2.05, 4.69) is 0 Å². The Morgan fingerprint density at radius 3 is 2.71 bits per heavy atom. The third-order valence-corrected chi connectivity index (χ3v) is 2.17. The van der Waals surface area contributed by atoms with Crippen LogP contribution in [0.4, 0.5) is 5.69 Å². The molecule has 0 aliphatic rings. The summed E-state index contributed by atoms with van der Waals surface area (Å²) >= 11 is 0. The summed E-state index contributed by atoms with van der Waals surface area (Å²) in [5.74, 6) is -0.859. The number of ether oxygens (including phenoxy) is 1. The molecule has 0 saturated heterocycles. The minimum atomic E-state index is -1.16. The summed E-state index contributed by atoms with van der Waals surface area (Å²) in [6, 6.07) is 2.97. The maximum Gasteiger partial charge on any atom is 0.320 e. The molecule has 1 aromatic rings. The number of aliphatic carboxylic acids is 1. The molecule has 7 heteroatoms. The largest absolute Gasteiger partial charge is 0.496 e. The number of non-ortho nitro benzene ring substituents is 1. The Kier molecular flexibility index (Phi) is 4.00. The van der Waals surface area contributed by atoms with Crippen molar-refractivity contribution in [1.82, 2.24) is 0 Å². The second-order valence-electron chi connectivity index (χ2n) is 3.45. The van der Waals surface area contributed by atoms with Gasteiger partial charge in [-0.1, -0.05) is 0 Å². The average Bonchev–Trinajstić information content (AvgIpc) is 2.28. The van der Waals surface area contributed by atoms with E-state index in [0.717, 1.165) is 0 Å². The molecule has 0 unspecified atom stereocenters. The molecule has 0 fully saturated rings. The van der Waals surface area contributed by atoms with Crippen LogP contribution < -0.4 is 10.5 Å². The first-order valence-corrected chi connectivity index (χ1v) is 4.74. The summed E-state index contributed by atoms with van der Waals surface area (Å²) in [6.07, 6.45) is 0.00731. The van der Waals surface area contributed by atoms with E-state index in [-0.39, 0.29) is 12.1 Å². The molecule has 0 amide bonds. The third-order valence-electron chi connectivity index (χ3n) is 2.17. The topological polar surface area (TPSA) is 116 Å². The summed E-state index contributed by atoms with van der Waals surface area (Å²) in [6.45, 7) is 0. The first-order valence-electron chi connectivity index (χ1n) is 4.74. The van der Waals surface area contributed by atoms with Crippen molar-refractivity contribution in [2.45, 2.75) is 12.5 Å². The Labute approximate surface area is 97.0 Å². The first-order chi connectivity index (χ1) is 7.93. The molecular weight excluding hydrogens is 228 g/mol. The van der Waals surface area contributed by atoms with E-state index in [1.807, 2.05) is 0 Å². The van der Waals surface area contributed by atoms with Gasteiger partial charge in [0.1, 0.15) is 11.8 Å². The van der Waals surface area contributed by atoms with Gasteiger partial charge in [-0.25, -0.2) is 0 Å². The van der Waals surface area contributed by atoms with Crippen molar-refractivity contribution < 1.29 is 19.6 Å². The van der Waals surface area contributed by atoms with Gasteiger partial charge in [-0.3, -0.25) is 14.9 Å². The molecule has 92 valence electrons. The lowest BCUT2D eigenvalue weighted by Gasteiger charge is -2.08. The SMILES string of the molecule is COc1cc(C[C@H](N)C(=O)O)cc([N+](=O)[O-])c1. The number of carboxylic acids is 1. The van der Waals surface area contributed by atoms with E-state index in [4.69, 9.17) is 15.6 Å². The molecular formula is C10H12N2O5. The molecule has 0 saturated carbocycles. The van der Waals surface area contributed by atoms with Crippen LogP contribution in [-0.2, 0) is 11.2 Å². The molecule has 1 atom stereocenters. The van der Waals surface area contributed by atoms with Gasteiger partial charge in [0.25, 0.3) is 5.69 Å². The average molecular weight is 240 g/mol. The highest BCUT2D eigenvalue weighted by Gasteiger charge is 2.16. The number of carboxylic acid groups (broad SMARTS) is 1. The van der Waals surface area contributed by atoms with Crippen LogP contribution in [0.1, 0.15) is 5.56 Å². The highest BCUT2D eigenvalue weighted by Crippen LogP contribution is 2.23. The van der Waals surface area contributed by atoms with Crippen molar-refractivity contribution in [3.05, 3.63) is 33.9 Å². The van der Waals surface area contributed by atoms with Gasteiger partial charge in [0.05, 0.1) is 18.1 Å². The Bertz CT molecular complexity index is 446. The van der Waals surface area contributed by atoms with Gasteiger partial charge in [0.2, 0.25) is 0 Å². The van der Waals surface area contributed by atoms with Crippen LogP contribution in [0.25, 0.3) is 0 Å². The highest BCUT2D eigenvalue weighted by molar-refractivity contribution is 5.73. The van der Waals surface area contributed by atoms with Crippen molar-refractivity contribution in [2.24, 2.45) is 5.73 Å². The molecule has 0 heterocycles. The van der Waals surface area contributed by atoms with Crippen LogP contribution >= 0.6 is 0 Å². The molecule has 0 spiro atoms. The number of benzene rings is 1. The van der Waals surface area contributed by atoms with E-state index in [9.17, 15) is 14.9 Å². The number of carbonyl (C=O) groups is 1. The number of nitro benzene ring substituents is 1. The first kappa shape index (κ1) is 12.9. The third kappa shape index (κ3) is 3.42. The van der Waals surface area contributed by atoms with Crippen LogP contribution in [0.5, 0.6) is 5.75 Å². The molecule has 0 aliphatic carbocycles. The molecule has 0 bridgehead atoms. The van der Waals surface area contributed by atoms with Crippen LogP contribution in [0, 0.1) is 10.1 Å². The molecule has 1 aromatic carbocycles. The number of nitrogens with two attached hydrogens (primary N) is 1. The number of hydrogen-bond acceptors (Lipinski definition) is 5. The van der Waals surface area contributed by atoms with Crippen LogP contribution in [-0.4, -0.2) is 29.2 Å². The normalized spacial score (nSPS) is 11.9. The fraction of sp³-hybridized carbons (Fsp3) is 0.300. The molecule has 0 radical (unpaired) electrons. The van der Waals surface area contributed by atoms with Crippen molar-refractivity contribution in [2.75, 3.05) is 7.11 Å². The molecule has 3 N–H and O–H groups in total. The smallest absolute Gasteiger partial charge is 0.320 e. The fourth-order valence-electron chi connectivity index (χ4n) is 1.33. The molecule has 0 aliphatic heterocycles. The van der Waals surface area contributed by atoms with E-state index in [1.54, 1.807) is 0 Å². The maximum atomic E-state index is 10.6. The van der Waals surface area contributed by atoms with Gasteiger partial charge < -0.3 is 15.6 Å². The van der Waals surface area contributed by atoms with E-state index in [1.165, 1.54) is 25.3 Å². The zero-order chi connectivity index (χ0) is 13.0. The minimum Gasteiger partial charge on any atom is -0.496 e. The molecule has 1 rings (SSSR count). The van der Waals surface area contributed by atoms with Crippen molar-refractivity contribution in [3.63, 3.8) is 0 Å². The van der Waals surface area contributed by atoms with Gasteiger partial charge in [-0.15, -0.1) is 0 Å². The Morgan fingerprint density at radius 1 is 1.59 bits per heavy atom. The molecule has 7 nitrogen and oxygen atoms in total. The van der Waals surface area contributed by atoms with Crippen LogP contribution in [0.2, 0.25) is 0 Å². The highest BCUT2D eigenvalue weighted by atomic mass is 16.6. The standard InChI is InChI=1S/C10H12N2O5/c1-17-8-3-6(4-9(11)10(13)14)2-7(5-8)12(15)16/h2-3,5,9H,4,11H2,1H3,(H,13,14)/t9-/m0/s1. The predicted molar refractivity (Wildman–Crippen MR) is 59.0 cm³/mol. The molecule has 0 aromatic heterocycles. The number of nitro groups is 1. The van der Waals surface area contributed by atoms with Crippen LogP contribution in [0.3, 0.4) is 0 Å². The number of hydrogen-bond donors (Lipinski definition) is 2. The number of methoxy groups -OCH3 is 1. The summed E-state index contributed by atoms with van der Waals surface area (Å²) in [5.41, 5.74) is 5.65. The minimum absolute atomic E-state index is 0.00731. The van der Waals surface area contributed by atoms with Crippen molar-refractivity contribution in [1.29, 1.82) is 0 Å². The van der Waals surface area contributed by atoms with Gasteiger partial charge in [0.15, 0.2) is 0 Å². The summed E-state index contributed by atoms with van der Waals surface area (Å²) in [5, 5.41) is 19.3. The van der Waals surface area contributed by atoms with Crippen molar-refractivity contribution in [3.8, 4) is 5.75 Å². The fourth-order valence-corrected chi connectivity index (χ4v) is 1.33. The van der Waals surface area contributed by atoms with Gasteiger partial charge in [-0.2, -0.15) is 0 Å². The Morgan fingerprint density at radius 2 is 2.24 bits per heavy atom. The van der Waals surface area contributed by atoms with Gasteiger partial charge in [-0.05, 0) is 18.1 Å². The maximum absolute atomic E-state index is 10.6. The number of rotatable bonds is 5. The van der Waals surface area contributed by atoms with E-state index >= 15 is 0 Å². The summed E-state index contributed by atoms with van der Waals surface area (Å²) in [7, 11) is 1.37. The lowest BCUT2D eigenvalue weighted by atomic mass is 10.1. The molecule has 17 heavy (non-hydrogen) atoms. The van der Waals surface area contributed by atoms with Crippen molar-refractivity contribution >= 4 is 11.7 Å². The monoisotopic (exact) mass is 240 g/mol. The second-order valence-corrected chi connectivity index (χ2v) is 3.45. The van der Waals surface area contributed by atoms with Gasteiger partial charge in [0, 0.05) is 6.07 Å². The lowest BCUT2D eigenvalue weighted by Crippen LogP contribution is -2.32. The summed E-state index contributed by atoms with van der Waals surface area (Å²) in [4.78, 5) is 20.7. The zero-order valence-electron chi connectivity index (χ0n) is 9.12.